The quantitative estimate of drug-likeness (QED) is 0.760. The molecule has 0 aromatic carbocycles. The van der Waals surface area contributed by atoms with Crippen molar-refractivity contribution in [3.63, 3.8) is 0 Å². The second kappa shape index (κ2) is 4.68. The third-order valence-corrected chi connectivity index (χ3v) is 3.27. The zero-order valence-corrected chi connectivity index (χ0v) is 9.83. The maximum Gasteiger partial charge on any atom is 0.351 e. The first-order valence-corrected chi connectivity index (χ1v) is 6.04. The summed E-state index contributed by atoms with van der Waals surface area (Å²) in [7, 11) is 0. The van der Waals surface area contributed by atoms with Crippen LogP contribution < -0.4 is 11.2 Å². The molecule has 0 amide bonds. The minimum absolute atomic E-state index is 0.0149. The fourth-order valence-electron chi connectivity index (χ4n) is 2.29. The number of nitrogens with zero attached hydrogens (tertiary/aromatic N) is 2. The molecule has 7 nitrogen and oxygen atoms in total. The molecule has 1 unspecified atom stereocenters. The second-order valence-corrected chi connectivity index (χ2v) is 4.48. The molecular formula is C11H15N3O4. The van der Waals surface area contributed by atoms with Crippen LogP contribution in [0.1, 0.15) is 24.6 Å². The number of aliphatic hydroxyl groups excluding tert-OH is 1. The summed E-state index contributed by atoms with van der Waals surface area (Å²) < 4.78 is 7.09. The van der Waals surface area contributed by atoms with E-state index in [-0.39, 0.29) is 24.6 Å². The van der Waals surface area contributed by atoms with E-state index in [0.717, 1.165) is 18.4 Å². The van der Waals surface area contributed by atoms with Crippen LogP contribution >= 0.6 is 0 Å². The molecule has 2 atom stereocenters. The number of hydrogen-bond donors (Lipinski definition) is 2. The molecule has 1 aromatic heterocycles. The number of rotatable bonds is 2. The number of aromatic nitrogens is 2. The van der Waals surface area contributed by atoms with Gasteiger partial charge in [0.15, 0.2) is 5.82 Å². The topological polar surface area (TPSA) is 85.6 Å². The summed E-state index contributed by atoms with van der Waals surface area (Å²) in [5.74, 6) is 0.485. The minimum atomic E-state index is -0.365. The Morgan fingerprint density at radius 2 is 2.44 bits per heavy atom. The highest BCUT2D eigenvalue weighted by atomic mass is 16.6. The Balaban J connectivity index is 1.90. The van der Waals surface area contributed by atoms with Gasteiger partial charge in [0.05, 0.1) is 19.3 Å². The van der Waals surface area contributed by atoms with Gasteiger partial charge in [0, 0.05) is 18.2 Å². The monoisotopic (exact) mass is 253 g/mol. The van der Waals surface area contributed by atoms with Crippen LogP contribution in [0.5, 0.6) is 0 Å². The van der Waals surface area contributed by atoms with Crippen LogP contribution in [0.15, 0.2) is 11.0 Å². The van der Waals surface area contributed by atoms with Crippen molar-refractivity contribution in [1.29, 1.82) is 0 Å². The van der Waals surface area contributed by atoms with Crippen LogP contribution in [0.25, 0.3) is 0 Å². The summed E-state index contributed by atoms with van der Waals surface area (Å²) in [5.41, 5.74) is 3.21. The van der Waals surface area contributed by atoms with E-state index >= 15 is 0 Å². The van der Waals surface area contributed by atoms with E-state index in [1.807, 2.05) is 0 Å². The molecule has 18 heavy (non-hydrogen) atoms. The van der Waals surface area contributed by atoms with Gasteiger partial charge in [-0.15, -0.1) is 0 Å². The highest BCUT2D eigenvalue weighted by Gasteiger charge is 2.27. The second-order valence-electron chi connectivity index (χ2n) is 4.48. The Hall–Kier alpha value is -1.44. The summed E-state index contributed by atoms with van der Waals surface area (Å²) in [6.07, 6.45) is 3.45. The highest BCUT2D eigenvalue weighted by Crippen LogP contribution is 2.27. The molecular weight excluding hydrogens is 238 g/mol. The van der Waals surface area contributed by atoms with Crippen molar-refractivity contribution >= 4 is 5.82 Å². The molecule has 0 radical (unpaired) electrons. The number of aliphatic hydroxyl groups is 1. The molecule has 3 heterocycles. The molecule has 2 aliphatic rings. The third kappa shape index (κ3) is 2.00. The lowest BCUT2D eigenvalue weighted by Gasteiger charge is -2.20. The van der Waals surface area contributed by atoms with Gasteiger partial charge in [-0.2, -0.15) is 4.98 Å². The fourth-order valence-corrected chi connectivity index (χ4v) is 2.29. The Morgan fingerprint density at radius 1 is 1.56 bits per heavy atom. The predicted molar refractivity (Wildman–Crippen MR) is 62.0 cm³/mol. The van der Waals surface area contributed by atoms with Gasteiger partial charge in [0.2, 0.25) is 0 Å². The van der Waals surface area contributed by atoms with E-state index in [1.54, 1.807) is 6.20 Å². The Bertz CT molecular complexity index is 502. The van der Waals surface area contributed by atoms with E-state index in [0.29, 0.717) is 18.8 Å². The summed E-state index contributed by atoms with van der Waals surface area (Å²) in [4.78, 5) is 20.9. The van der Waals surface area contributed by atoms with Gasteiger partial charge in [0.25, 0.3) is 0 Å². The van der Waals surface area contributed by atoms with Crippen molar-refractivity contribution < 1.29 is 14.7 Å². The van der Waals surface area contributed by atoms with Crippen molar-refractivity contribution in [2.24, 2.45) is 0 Å². The van der Waals surface area contributed by atoms with Gasteiger partial charge in [-0.05, 0) is 12.8 Å². The lowest BCUT2D eigenvalue weighted by Crippen LogP contribution is -2.31. The van der Waals surface area contributed by atoms with Crippen LogP contribution in [0, 0.1) is 0 Å². The molecule has 3 rings (SSSR count). The third-order valence-electron chi connectivity index (χ3n) is 3.27. The van der Waals surface area contributed by atoms with E-state index in [2.05, 4.69) is 10.5 Å². The van der Waals surface area contributed by atoms with Gasteiger partial charge in [0.1, 0.15) is 6.23 Å². The molecule has 2 aliphatic heterocycles. The summed E-state index contributed by atoms with van der Waals surface area (Å²) in [5, 5.41) is 9.04. The molecule has 7 heteroatoms. The van der Waals surface area contributed by atoms with Gasteiger partial charge >= 0.3 is 5.69 Å². The largest absolute Gasteiger partial charge is 0.394 e. The first-order chi connectivity index (χ1) is 8.78. The van der Waals surface area contributed by atoms with Crippen molar-refractivity contribution in [2.45, 2.75) is 31.6 Å². The molecule has 0 spiro atoms. The summed E-state index contributed by atoms with van der Waals surface area (Å²) in [6, 6.07) is 0. The van der Waals surface area contributed by atoms with Gasteiger partial charge in [-0.3, -0.25) is 9.40 Å². The smallest absolute Gasteiger partial charge is 0.351 e. The lowest BCUT2D eigenvalue weighted by atomic mass is 10.2. The van der Waals surface area contributed by atoms with E-state index in [4.69, 9.17) is 14.7 Å². The molecule has 2 N–H and O–H groups in total. The van der Waals surface area contributed by atoms with Gasteiger partial charge < -0.3 is 9.84 Å². The molecule has 0 bridgehead atoms. The molecule has 0 saturated carbocycles. The SMILES string of the molecule is O=c1nc2c(cn1C1CC[C@@H](CO)O1)CCON2. The Labute approximate surface area is 103 Å². The highest BCUT2D eigenvalue weighted by molar-refractivity contribution is 5.41. The fraction of sp³-hybridized carbons (Fsp3) is 0.636. The van der Waals surface area contributed by atoms with E-state index in [1.165, 1.54) is 4.57 Å². The molecule has 1 saturated heterocycles. The maximum atomic E-state index is 11.9. The normalized spacial score (nSPS) is 26.7. The number of fused-ring (bicyclic) bond motifs is 1. The van der Waals surface area contributed by atoms with Crippen molar-refractivity contribution in [1.82, 2.24) is 9.55 Å². The summed E-state index contributed by atoms with van der Waals surface area (Å²) >= 11 is 0. The van der Waals surface area contributed by atoms with Crippen LogP contribution in [0.2, 0.25) is 0 Å². The van der Waals surface area contributed by atoms with E-state index in [9.17, 15) is 4.79 Å². The first kappa shape index (κ1) is 11.6. The first-order valence-electron chi connectivity index (χ1n) is 6.04. The van der Waals surface area contributed by atoms with Crippen LogP contribution in [0.3, 0.4) is 0 Å². The molecule has 1 fully saturated rings. The predicted octanol–water partition coefficient (Wildman–Crippen LogP) is -0.187. The van der Waals surface area contributed by atoms with Crippen molar-refractivity contribution in [3.05, 3.63) is 22.2 Å². The van der Waals surface area contributed by atoms with Gasteiger partial charge in [-0.25, -0.2) is 10.3 Å². The maximum absolute atomic E-state index is 11.9. The number of anilines is 1. The summed E-state index contributed by atoms with van der Waals surface area (Å²) in [6.45, 7) is 0.538. The number of hydrogen-bond acceptors (Lipinski definition) is 6. The number of nitrogens with one attached hydrogen (secondary N) is 1. The van der Waals surface area contributed by atoms with Gasteiger partial charge in [-0.1, -0.05) is 0 Å². The van der Waals surface area contributed by atoms with Crippen molar-refractivity contribution in [3.8, 4) is 0 Å². The average Bonchev–Trinajstić information content (AvgIpc) is 2.86. The molecule has 0 aliphatic carbocycles. The zero-order chi connectivity index (χ0) is 12.5. The lowest BCUT2D eigenvalue weighted by molar-refractivity contribution is -0.0247. The Morgan fingerprint density at radius 3 is 3.22 bits per heavy atom. The minimum Gasteiger partial charge on any atom is -0.394 e. The molecule has 98 valence electrons. The van der Waals surface area contributed by atoms with Crippen LogP contribution in [-0.2, 0) is 16.0 Å². The van der Waals surface area contributed by atoms with Crippen LogP contribution in [-0.4, -0.2) is 34.0 Å². The molecule has 1 aromatic rings. The standard InChI is InChI=1S/C11H15N3O4/c15-6-8-1-2-9(18-8)14-5-7-3-4-17-13-10(7)12-11(14)16/h5,8-9,15H,1-4,6H2,(H,12,13,16)/t8-,9?/m0/s1. The van der Waals surface area contributed by atoms with Crippen molar-refractivity contribution in [2.75, 3.05) is 18.7 Å². The Kier molecular flexibility index (Phi) is 3.02. The van der Waals surface area contributed by atoms with E-state index < -0.39 is 0 Å². The number of ether oxygens (including phenoxy) is 1. The average molecular weight is 253 g/mol. The zero-order valence-electron chi connectivity index (χ0n) is 9.83. The van der Waals surface area contributed by atoms with Crippen LogP contribution in [0.4, 0.5) is 5.82 Å².